The molecule has 0 radical (unpaired) electrons. The van der Waals surface area contributed by atoms with E-state index < -0.39 is 0 Å². The molecule has 2 N–H and O–H groups in total. The van der Waals surface area contributed by atoms with Gasteiger partial charge in [0.1, 0.15) is 0 Å². The van der Waals surface area contributed by atoms with Crippen LogP contribution < -0.4 is 10.6 Å². The molecule has 0 atom stereocenters. The van der Waals surface area contributed by atoms with E-state index in [0.29, 0.717) is 12.8 Å². The largest absolute Gasteiger partial charge is 0.370 e. The van der Waals surface area contributed by atoms with Crippen LogP contribution in [-0.4, -0.2) is 18.9 Å². The lowest BCUT2D eigenvalue weighted by Crippen LogP contribution is -2.26. The maximum absolute atomic E-state index is 11.7. The summed E-state index contributed by atoms with van der Waals surface area (Å²) in [5.74, 6) is -0.373. The van der Waals surface area contributed by atoms with Gasteiger partial charge < -0.3 is 10.6 Å². The molecule has 1 aromatic rings. The fourth-order valence-electron chi connectivity index (χ4n) is 1.38. The maximum Gasteiger partial charge on any atom is 0.226 e. The highest BCUT2D eigenvalue weighted by Gasteiger charge is 2.10. The van der Waals surface area contributed by atoms with E-state index in [1.165, 1.54) is 0 Å². The standard InChI is InChI=1S/C12H16N2O2/c1-14(10-6-3-2-4-7-10)12(16)9-5-8-11(13)15/h2-4,6-7H,5,8-9H2,1H3,(H2,13,15). The lowest BCUT2D eigenvalue weighted by atomic mass is 10.2. The molecule has 4 heteroatoms. The van der Waals surface area contributed by atoms with Gasteiger partial charge in [-0.05, 0) is 18.6 Å². The van der Waals surface area contributed by atoms with E-state index in [4.69, 9.17) is 5.73 Å². The van der Waals surface area contributed by atoms with Crippen LogP contribution >= 0.6 is 0 Å². The van der Waals surface area contributed by atoms with Gasteiger partial charge >= 0.3 is 0 Å². The molecule has 16 heavy (non-hydrogen) atoms. The summed E-state index contributed by atoms with van der Waals surface area (Å²) < 4.78 is 0. The molecular weight excluding hydrogens is 204 g/mol. The topological polar surface area (TPSA) is 63.4 Å². The Hall–Kier alpha value is -1.84. The van der Waals surface area contributed by atoms with Crippen LogP contribution in [0.4, 0.5) is 5.69 Å². The molecule has 0 spiro atoms. The second-order valence-electron chi connectivity index (χ2n) is 3.61. The maximum atomic E-state index is 11.7. The van der Waals surface area contributed by atoms with Gasteiger partial charge in [0.2, 0.25) is 11.8 Å². The van der Waals surface area contributed by atoms with Gasteiger partial charge in [0.15, 0.2) is 0 Å². The first-order chi connectivity index (χ1) is 7.61. The lowest BCUT2D eigenvalue weighted by Gasteiger charge is -2.16. The Morgan fingerprint density at radius 3 is 2.38 bits per heavy atom. The lowest BCUT2D eigenvalue weighted by molar-refractivity contribution is -0.119. The van der Waals surface area contributed by atoms with Crippen LogP contribution in [0.15, 0.2) is 30.3 Å². The number of primary amides is 1. The summed E-state index contributed by atoms with van der Waals surface area (Å²) in [6, 6.07) is 9.39. The monoisotopic (exact) mass is 220 g/mol. The number of nitrogens with zero attached hydrogens (tertiary/aromatic N) is 1. The predicted molar refractivity (Wildman–Crippen MR) is 62.9 cm³/mol. The van der Waals surface area contributed by atoms with Crippen LogP contribution in [0.3, 0.4) is 0 Å². The zero-order chi connectivity index (χ0) is 12.0. The Kier molecular flexibility index (Phi) is 4.51. The van der Waals surface area contributed by atoms with Gasteiger partial charge in [-0.2, -0.15) is 0 Å². The number of anilines is 1. The highest BCUT2D eigenvalue weighted by molar-refractivity contribution is 5.92. The van der Waals surface area contributed by atoms with E-state index in [2.05, 4.69) is 0 Å². The van der Waals surface area contributed by atoms with Crippen LogP contribution in [0.1, 0.15) is 19.3 Å². The van der Waals surface area contributed by atoms with E-state index in [-0.39, 0.29) is 18.2 Å². The third-order valence-corrected chi connectivity index (χ3v) is 2.33. The van der Waals surface area contributed by atoms with E-state index in [0.717, 1.165) is 5.69 Å². The van der Waals surface area contributed by atoms with Crippen LogP contribution in [0, 0.1) is 0 Å². The first-order valence-electron chi connectivity index (χ1n) is 5.21. The molecule has 0 fully saturated rings. The van der Waals surface area contributed by atoms with Crippen molar-refractivity contribution in [1.82, 2.24) is 0 Å². The van der Waals surface area contributed by atoms with Crippen molar-refractivity contribution in [3.8, 4) is 0 Å². The molecule has 0 aromatic heterocycles. The molecule has 0 saturated heterocycles. The Balaban J connectivity index is 2.45. The zero-order valence-electron chi connectivity index (χ0n) is 9.35. The summed E-state index contributed by atoms with van der Waals surface area (Å²) in [7, 11) is 1.72. The van der Waals surface area contributed by atoms with Crippen molar-refractivity contribution in [1.29, 1.82) is 0 Å². The summed E-state index contributed by atoms with van der Waals surface area (Å²) in [5, 5.41) is 0. The van der Waals surface area contributed by atoms with Gasteiger partial charge in [-0.3, -0.25) is 9.59 Å². The Labute approximate surface area is 95.0 Å². The minimum Gasteiger partial charge on any atom is -0.370 e. The van der Waals surface area contributed by atoms with Crippen molar-refractivity contribution in [3.05, 3.63) is 30.3 Å². The Bertz CT molecular complexity index is 363. The van der Waals surface area contributed by atoms with Crippen molar-refractivity contribution < 1.29 is 9.59 Å². The summed E-state index contributed by atoms with van der Waals surface area (Å²) >= 11 is 0. The molecule has 0 heterocycles. The highest BCUT2D eigenvalue weighted by atomic mass is 16.2. The van der Waals surface area contributed by atoms with Gasteiger partial charge in [0.25, 0.3) is 0 Å². The second kappa shape index (κ2) is 5.90. The van der Waals surface area contributed by atoms with E-state index in [1.807, 2.05) is 30.3 Å². The normalized spacial score (nSPS) is 9.81. The van der Waals surface area contributed by atoms with Crippen LogP contribution in [0.2, 0.25) is 0 Å². The summed E-state index contributed by atoms with van der Waals surface area (Å²) in [4.78, 5) is 23.8. The smallest absolute Gasteiger partial charge is 0.226 e. The van der Waals surface area contributed by atoms with Crippen LogP contribution in [0.25, 0.3) is 0 Å². The molecule has 0 aliphatic carbocycles. The first-order valence-corrected chi connectivity index (χ1v) is 5.21. The number of benzene rings is 1. The van der Waals surface area contributed by atoms with E-state index >= 15 is 0 Å². The van der Waals surface area contributed by atoms with Gasteiger partial charge in [-0.1, -0.05) is 18.2 Å². The molecule has 86 valence electrons. The minimum absolute atomic E-state index is 0.00699. The number of carbonyl (C=O) groups is 2. The van der Waals surface area contributed by atoms with Crippen LogP contribution in [0.5, 0.6) is 0 Å². The molecule has 0 aliphatic heterocycles. The number of hydrogen-bond donors (Lipinski definition) is 1. The van der Waals surface area contributed by atoms with Gasteiger partial charge in [0.05, 0.1) is 0 Å². The second-order valence-corrected chi connectivity index (χ2v) is 3.61. The number of hydrogen-bond acceptors (Lipinski definition) is 2. The fraction of sp³-hybridized carbons (Fsp3) is 0.333. The molecule has 1 aromatic carbocycles. The number of rotatable bonds is 5. The molecular formula is C12H16N2O2. The molecule has 0 saturated carbocycles. The summed E-state index contributed by atoms with van der Waals surface area (Å²) in [6.07, 6.45) is 1.11. The van der Waals surface area contributed by atoms with Gasteiger partial charge in [-0.25, -0.2) is 0 Å². The van der Waals surface area contributed by atoms with Crippen molar-refractivity contribution in [2.75, 3.05) is 11.9 Å². The van der Waals surface area contributed by atoms with Crippen molar-refractivity contribution in [3.63, 3.8) is 0 Å². The van der Waals surface area contributed by atoms with E-state index in [1.54, 1.807) is 11.9 Å². The third kappa shape index (κ3) is 3.73. The number of nitrogens with two attached hydrogens (primary N) is 1. The predicted octanol–water partition coefficient (Wildman–Crippen LogP) is 1.30. The van der Waals surface area contributed by atoms with Crippen molar-refractivity contribution in [2.24, 2.45) is 5.73 Å². The number of carbonyl (C=O) groups excluding carboxylic acids is 2. The fourth-order valence-corrected chi connectivity index (χ4v) is 1.38. The molecule has 0 aliphatic rings. The van der Waals surface area contributed by atoms with Crippen molar-refractivity contribution >= 4 is 17.5 Å². The first kappa shape index (κ1) is 12.2. The third-order valence-electron chi connectivity index (χ3n) is 2.33. The quantitative estimate of drug-likeness (QED) is 0.813. The highest BCUT2D eigenvalue weighted by Crippen LogP contribution is 2.12. The summed E-state index contributed by atoms with van der Waals surface area (Å²) in [5.41, 5.74) is 5.86. The molecule has 0 unspecified atom stereocenters. The number of amides is 2. The van der Waals surface area contributed by atoms with E-state index in [9.17, 15) is 9.59 Å². The Morgan fingerprint density at radius 1 is 1.19 bits per heavy atom. The van der Waals surface area contributed by atoms with Crippen molar-refractivity contribution in [2.45, 2.75) is 19.3 Å². The average Bonchev–Trinajstić information content (AvgIpc) is 2.28. The molecule has 1 rings (SSSR count). The molecule has 2 amide bonds. The average molecular weight is 220 g/mol. The van der Waals surface area contributed by atoms with Gasteiger partial charge in [0, 0.05) is 25.6 Å². The SMILES string of the molecule is CN(C(=O)CCCC(N)=O)c1ccccc1. The van der Waals surface area contributed by atoms with Gasteiger partial charge in [-0.15, -0.1) is 0 Å². The number of para-hydroxylation sites is 1. The zero-order valence-corrected chi connectivity index (χ0v) is 9.35. The molecule has 4 nitrogen and oxygen atoms in total. The summed E-state index contributed by atoms with van der Waals surface area (Å²) in [6.45, 7) is 0. The molecule has 0 bridgehead atoms. The Morgan fingerprint density at radius 2 is 1.81 bits per heavy atom. The minimum atomic E-state index is -0.366. The van der Waals surface area contributed by atoms with Crippen LogP contribution in [-0.2, 0) is 9.59 Å².